The fourth-order valence-electron chi connectivity index (χ4n) is 2.26. The highest BCUT2D eigenvalue weighted by molar-refractivity contribution is 6.05. The minimum absolute atomic E-state index is 0.0613. The molecule has 1 N–H and O–H groups in total. The Balaban J connectivity index is 2.26. The average molecular weight is 289 g/mol. The molecule has 112 valence electrons. The lowest BCUT2D eigenvalue weighted by Crippen LogP contribution is -2.35. The van der Waals surface area contributed by atoms with Crippen LogP contribution in [0.2, 0.25) is 0 Å². The number of carbonyl (C=O) groups excluding carboxylic acids is 1. The second-order valence-corrected chi connectivity index (χ2v) is 5.43. The minimum Gasteiger partial charge on any atom is -0.481 e. The number of amides is 1. The Hall–Kier alpha value is -2.30. The van der Waals surface area contributed by atoms with Crippen LogP contribution in [0.25, 0.3) is 11.0 Å². The fraction of sp³-hybridized carbons (Fsp3) is 0.375. The Labute approximate surface area is 123 Å². The van der Waals surface area contributed by atoms with E-state index >= 15 is 0 Å². The first-order chi connectivity index (χ1) is 9.99. The van der Waals surface area contributed by atoms with Crippen molar-refractivity contribution in [3.8, 4) is 0 Å². The second kappa shape index (κ2) is 6.43. The number of carbonyl (C=O) groups is 2. The summed E-state index contributed by atoms with van der Waals surface area (Å²) < 4.78 is 5.39. The smallest absolute Gasteiger partial charge is 0.305 e. The van der Waals surface area contributed by atoms with Crippen molar-refractivity contribution in [1.29, 1.82) is 0 Å². The van der Waals surface area contributed by atoms with Gasteiger partial charge in [0.05, 0.1) is 12.0 Å². The summed E-state index contributed by atoms with van der Waals surface area (Å²) in [6.07, 6.45) is 1.38. The van der Waals surface area contributed by atoms with Gasteiger partial charge in [0, 0.05) is 18.5 Å². The number of carboxylic acids is 1. The number of benzene rings is 1. The lowest BCUT2D eigenvalue weighted by atomic mass is 10.1. The van der Waals surface area contributed by atoms with Gasteiger partial charge in [-0.1, -0.05) is 32.0 Å². The molecule has 0 aliphatic heterocycles. The van der Waals surface area contributed by atoms with Gasteiger partial charge in [0.25, 0.3) is 5.91 Å². The number of furan rings is 1. The molecule has 0 spiro atoms. The van der Waals surface area contributed by atoms with Crippen molar-refractivity contribution in [2.24, 2.45) is 5.92 Å². The zero-order valence-corrected chi connectivity index (χ0v) is 12.2. The molecule has 1 amide bonds. The van der Waals surface area contributed by atoms with Crippen LogP contribution in [0.15, 0.2) is 34.9 Å². The molecular formula is C16H19NO4. The molecule has 1 heterocycles. The second-order valence-electron chi connectivity index (χ2n) is 5.43. The van der Waals surface area contributed by atoms with Crippen molar-refractivity contribution >= 4 is 22.8 Å². The van der Waals surface area contributed by atoms with Crippen LogP contribution in [0.3, 0.4) is 0 Å². The number of nitrogens with zero attached hydrogens (tertiary/aromatic N) is 1. The van der Waals surface area contributed by atoms with Gasteiger partial charge in [0.2, 0.25) is 0 Å². The highest BCUT2D eigenvalue weighted by atomic mass is 16.4. The van der Waals surface area contributed by atoms with Crippen LogP contribution in [-0.2, 0) is 4.79 Å². The van der Waals surface area contributed by atoms with Gasteiger partial charge in [0.15, 0.2) is 0 Å². The van der Waals surface area contributed by atoms with E-state index in [1.807, 2.05) is 32.0 Å². The normalized spacial score (nSPS) is 11.0. The number of aliphatic carboxylic acids is 1. The minimum atomic E-state index is -0.909. The lowest BCUT2D eigenvalue weighted by Gasteiger charge is -2.23. The SMILES string of the molecule is CC(C)CN(CCC(=O)O)C(=O)c1coc2ccccc12. The van der Waals surface area contributed by atoms with Gasteiger partial charge < -0.3 is 14.4 Å². The fourth-order valence-corrected chi connectivity index (χ4v) is 2.26. The molecule has 21 heavy (non-hydrogen) atoms. The molecule has 1 aromatic carbocycles. The third-order valence-electron chi connectivity index (χ3n) is 3.18. The molecule has 0 saturated heterocycles. The Morgan fingerprint density at radius 2 is 2.00 bits per heavy atom. The number of hydrogen-bond acceptors (Lipinski definition) is 3. The van der Waals surface area contributed by atoms with Crippen LogP contribution in [0.1, 0.15) is 30.6 Å². The number of hydrogen-bond donors (Lipinski definition) is 1. The van der Waals surface area contributed by atoms with E-state index < -0.39 is 5.97 Å². The van der Waals surface area contributed by atoms with E-state index in [0.29, 0.717) is 17.7 Å². The van der Waals surface area contributed by atoms with Gasteiger partial charge in [-0.2, -0.15) is 0 Å². The van der Waals surface area contributed by atoms with E-state index in [1.165, 1.54) is 6.26 Å². The lowest BCUT2D eigenvalue weighted by molar-refractivity contribution is -0.137. The number of rotatable bonds is 6. The van der Waals surface area contributed by atoms with Crippen molar-refractivity contribution in [3.05, 3.63) is 36.1 Å². The molecule has 0 radical (unpaired) electrons. The third kappa shape index (κ3) is 3.62. The van der Waals surface area contributed by atoms with Crippen LogP contribution in [0, 0.1) is 5.92 Å². The van der Waals surface area contributed by atoms with Gasteiger partial charge in [-0.3, -0.25) is 9.59 Å². The molecule has 0 atom stereocenters. The van der Waals surface area contributed by atoms with Gasteiger partial charge in [-0.15, -0.1) is 0 Å². The molecule has 0 saturated carbocycles. The maximum Gasteiger partial charge on any atom is 0.305 e. The van der Waals surface area contributed by atoms with Crippen molar-refractivity contribution in [3.63, 3.8) is 0 Å². The molecule has 5 heteroatoms. The summed E-state index contributed by atoms with van der Waals surface area (Å²) in [5.41, 5.74) is 1.14. The Morgan fingerprint density at radius 3 is 2.67 bits per heavy atom. The average Bonchev–Trinajstić information content (AvgIpc) is 2.86. The van der Waals surface area contributed by atoms with E-state index in [-0.39, 0.29) is 24.8 Å². The topological polar surface area (TPSA) is 70.8 Å². The van der Waals surface area contributed by atoms with E-state index in [2.05, 4.69) is 0 Å². The Morgan fingerprint density at radius 1 is 1.29 bits per heavy atom. The summed E-state index contributed by atoms with van der Waals surface area (Å²) in [4.78, 5) is 25.0. The van der Waals surface area contributed by atoms with Crippen LogP contribution in [-0.4, -0.2) is 35.0 Å². The standard InChI is InChI=1S/C16H19NO4/c1-11(2)9-17(8-7-15(18)19)16(20)13-10-21-14-6-4-3-5-12(13)14/h3-6,10-11H,7-9H2,1-2H3,(H,18,19). The number of para-hydroxylation sites is 1. The summed E-state index contributed by atoms with van der Waals surface area (Å²) in [5.74, 6) is -0.829. The van der Waals surface area contributed by atoms with Crippen molar-refractivity contribution in [2.75, 3.05) is 13.1 Å². The summed E-state index contributed by atoms with van der Waals surface area (Å²) in [6, 6.07) is 7.32. The number of carboxylic acid groups (broad SMARTS) is 1. The number of fused-ring (bicyclic) bond motifs is 1. The van der Waals surface area contributed by atoms with Gasteiger partial charge >= 0.3 is 5.97 Å². The summed E-state index contributed by atoms with van der Waals surface area (Å²) in [7, 11) is 0. The van der Waals surface area contributed by atoms with Crippen molar-refractivity contribution in [2.45, 2.75) is 20.3 Å². The highest BCUT2D eigenvalue weighted by Crippen LogP contribution is 2.22. The molecule has 0 aliphatic rings. The molecule has 2 rings (SSSR count). The molecule has 0 bridgehead atoms. The van der Waals surface area contributed by atoms with E-state index in [4.69, 9.17) is 9.52 Å². The van der Waals surface area contributed by atoms with Crippen LogP contribution >= 0.6 is 0 Å². The molecule has 0 aliphatic carbocycles. The monoisotopic (exact) mass is 289 g/mol. The van der Waals surface area contributed by atoms with Crippen LogP contribution in [0.4, 0.5) is 0 Å². The summed E-state index contributed by atoms with van der Waals surface area (Å²) >= 11 is 0. The largest absolute Gasteiger partial charge is 0.481 e. The van der Waals surface area contributed by atoms with Crippen molar-refractivity contribution < 1.29 is 19.1 Å². The Bertz CT molecular complexity index is 645. The molecule has 0 fully saturated rings. The van der Waals surface area contributed by atoms with Crippen LogP contribution < -0.4 is 0 Å². The zero-order valence-electron chi connectivity index (χ0n) is 12.2. The van der Waals surface area contributed by atoms with E-state index in [1.54, 1.807) is 11.0 Å². The maximum atomic E-state index is 12.6. The predicted molar refractivity (Wildman–Crippen MR) is 79.2 cm³/mol. The first-order valence-corrected chi connectivity index (χ1v) is 6.96. The van der Waals surface area contributed by atoms with E-state index in [0.717, 1.165) is 5.39 Å². The maximum absolute atomic E-state index is 12.6. The van der Waals surface area contributed by atoms with Crippen LogP contribution in [0.5, 0.6) is 0 Å². The quantitative estimate of drug-likeness (QED) is 0.887. The van der Waals surface area contributed by atoms with Crippen molar-refractivity contribution in [1.82, 2.24) is 4.90 Å². The summed E-state index contributed by atoms with van der Waals surface area (Å²) in [6.45, 7) is 4.71. The molecule has 5 nitrogen and oxygen atoms in total. The first-order valence-electron chi connectivity index (χ1n) is 6.96. The van der Waals surface area contributed by atoms with Gasteiger partial charge in [-0.25, -0.2) is 0 Å². The molecule has 1 aromatic heterocycles. The van der Waals surface area contributed by atoms with Gasteiger partial charge in [0.1, 0.15) is 11.8 Å². The third-order valence-corrected chi connectivity index (χ3v) is 3.18. The first kappa shape index (κ1) is 15.1. The Kier molecular flexibility index (Phi) is 4.62. The molecule has 2 aromatic rings. The zero-order chi connectivity index (χ0) is 15.4. The van der Waals surface area contributed by atoms with Gasteiger partial charge in [-0.05, 0) is 12.0 Å². The predicted octanol–water partition coefficient (Wildman–Crippen LogP) is 3.01. The molecule has 0 unspecified atom stereocenters. The molecular weight excluding hydrogens is 270 g/mol. The highest BCUT2D eigenvalue weighted by Gasteiger charge is 2.21. The summed E-state index contributed by atoms with van der Waals surface area (Å²) in [5, 5.41) is 9.58. The van der Waals surface area contributed by atoms with E-state index in [9.17, 15) is 9.59 Å².